The van der Waals surface area contributed by atoms with Gasteiger partial charge in [-0.15, -0.1) is 0 Å². The second kappa shape index (κ2) is 8.10. The molecule has 1 aliphatic heterocycles. The van der Waals surface area contributed by atoms with E-state index in [0.717, 1.165) is 17.0 Å². The number of carbonyl (C=O) groups is 4. The number of benzene rings is 1. The number of amides is 3. The normalized spacial score (nSPS) is 22.0. The fraction of sp³-hybridized carbons (Fsp3) is 0.368. The Morgan fingerprint density at radius 2 is 1.86 bits per heavy atom. The van der Waals surface area contributed by atoms with Crippen LogP contribution in [-0.2, 0) is 23.9 Å². The molecule has 0 unspecified atom stereocenters. The third-order valence-electron chi connectivity index (χ3n) is 4.82. The van der Waals surface area contributed by atoms with Crippen LogP contribution in [0.3, 0.4) is 0 Å². The van der Waals surface area contributed by atoms with E-state index in [4.69, 9.17) is 16.3 Å². The van der Waals surface area contributed by atoms with Gasteiger partial charge in [0.15, 0.2) is 6.61 Å². The molecule has 0 radical (unpaired) electrons. The first kappa shape index (κ1) is 20.0. The van der Waals surface area contributed by atoms with Gasteiger partial charge in [0, 0.05) is 0 Å². The molecular weight excluding hydrogens is 391 g/mol. The van der Waals surface area contributed by atoms with Crippen molar-refractivity contribution >= 4 is 41.0 Å². The number of imide groups is 1. The second-order valence-electron chi connectivity index (χ2n) is 6.66. The lowest BCUT2D eigenvalue weighted by Gasteiger charge is -2.21. The van der Waals surface area contributed by atoms with Crippen molar-refractivity contribution in [3.63, 3.8) is 0 Å². The van der Waals surface area contributed by atoms with Gasteiger partial charge in [-0.1, -0.05) is 23.8 Å². The lowest BCUT2D eigenvalue weighted by molar-refractivity contribution is -0.159. The van der Waals surface area contributed by atoms with Crippen molar-refractivity contribution in [3.8, 4) is 0 Å². The lowest BCUT2D eigenvalue weighted by Crippen LogP contribution is -2.45. The number of halogens is 2. The van der Waals surface area contributed by atoms with E-state index in [-0.39, 0.29) is 10.7 Å². The van der Waals surface area contributed by atoms with Crippen molar-refractivity contribution < 1.29 is 28.3 Å². The molecule has 9 heteroatoms. The van der Waals surface area contributed by atoms with Gasteiger partial charge in [0.25, 0.3) is 5.91 Å². The first-order chi connectivity index (χ1) is 13.3. The average Bonchev–Trinajstić information content (AvgIpc) is 2.92. The summed E-state index contributed by atoms with van der Waals surface area (Å²) >= 11 is 5.82. The summed E-state index contributed by atoms with van der Waals surface area (Å²) < 4.78 is 18.0. The van der Waals surface area contributed by atoms with E-state index in [0.29, 0.717) is 12.8 Å². The summed E-state index contributed by atoms with van der Waals surface area (Å²) in [5.74, 6) is -3.80. The summed E-state index contributed by atoms with van der Waals surface area (Å²) in [5.41, 5.74) is 0.165. The van der Waals surface area contributed by atoms with Crippen LogP contribution in [0.2, 0.25) is 5.02 Å². The van der Waals surface area contributed by atoms with Gasteiger partial charge in [-0.2, -0.15) is 0 Å². The van der Waals surface area contributed by atoms with Crippen molar-refractivity contribution in [1.29, 1.82) is 0 Å². The highest BCUT2D eigenvalue weighted by molar-refractivity contribution is 6.33. The van der Waals surface area contributed by atoms with E-state index in [9.17, 15) is 23.6 Å². The third kappa shape index (κ3) is 3.91. The first-order valence-corrected chi connectivity index (χ1v) is 9.11. The molecule has 1 aromatic rings. The fourth-order valence-electron chi connectivity index (χ4n) is 3.35. The monoisotopic (exact) mass is 408 g/mol. The van der Waals surface area contributed by atoms with Gasteiger partial charge in [0.1, 0.15) is 11.9 Å². The average molecular weight is 409 g/mol. The quantitative estimate of drug-likeness (QED) is 0.458. The topological polar surface area (TPSA) is 92.8 Å². The van der Waals surface area contributed by atoms with Crippen LogP contribution in [0.4, 0.5) is 10.1 Å². The van der Waals surface area contributed by atoms with Gasteiger partial charge in [-0.3, -0.25) is 19.3 Å². The number of allylic oxidation sites excluding steroid dienone is 2. The molecule has 1 heterocycles. The van der Waals surface area contributed by atoms with E-state index in [1.165, 1.54) is 13.0 Å². The van der Waals surface area contributed by atoms with Crippen molar-refractivity contribution in [3.05, 3.63) is 41.2 Å². The lowest BCUT2D eigenvalue weighted by atomic mass is 9.85. The zero-order chi connectivity index (χ0) is 20.4. The van der Waals surface area contributed by atoms with Crippen LogP contribution in [0, 0.1) is 17.7 Å². The Morgan fingerprint density at radius 1 is 1.25 bits per heavy atom. The Morgan fingerprint density at radius 3 is 2.43 bits per heavy atom. The van der Waals surface area contributed by atoms with Crippen molar-refractivity contribution in [2.45, 2.75) is 25.8 Å². The standard InChI is InChI=1S/C19H18ClFN2O5/c1-10(23-17(25)12-4-2-3-5-13(12)18(23)26)19(27)28-9-16(24)22-15-7-6-11(21)8-14(15)20/h2-3,6-8,10,12-13H,4-5,9H2,1H3,(H,22,24)/t10-,12-,13+/m0/s1. The van der Waals surface area contributed by atoms with Gasteiger partial charge < -0.3 is 10.1 Å². The Bertz CT molecular complexity index is 846. The predicted octanol–water partition coefficient (Wildman–Crippen LogP) is 2.30. The van der Waals surface area contributed by atoms with E-state index >= 15 is 0 Å². The molecule has 1 N–H and O–H groups in total. The predicted molar refractivity (Wildman–Crippen MR) is 97.7 cm³/mol. The number of ether oxygens (including phenoxy) is 1. The number of hydrogen-bond acceptors (Lipinski definition) is 5. The Labute approximate surface area is 165 Å². The zero-order valence-corrected chi connectivity index (χ0v) is 15.7. The van der Waals surface area contributed by atoms with E-state index in [1.807, 2.05) is 12.2 Å². The van der Waals surface area contributed by atoms with Crippen molar-refractivity contribution in [1.82, 2.24) is 4.90 Å². The molecule has 0 spiro atoms. The number of esters is 1. The van der Waals surface area contributed by atoms with Gasteiger partial charge in [-0.05, 0) is 38.0 Å². The molecule has 3 amide bonds. The molecule has 1 fully saturated rings. The van der Waals surface area contributed by atoms with E-state index in [2.05, 4.69) is 5.32 Å². The number of hydrogen-bond donors (Lipinski definition) is 1. The molecule has 0 bridgehead atoms. The molecule has 1 aromatic carbocycles. The minimum atomic E-state index is -1.13. The smallest absolute Gasteiger partial charge is 0.329 e. The molecule has 1 aliphatic carbocycles. The largest absolute Gasteiger partial charge is 0.454 e. The van der Waals surface area contributed by atoms with Crippen LogP contribution in [0.15, 0.2) is 30.4 Å². The SMILES string of the molecule is C[C@@H](C(=O)OCC(=O)Nc1ccc(F)cc1Cl)N1C(=O)[C@H]2CC=CC[C@H]2C1=O. The number of carbonyl (C=O) groups excluding carboxylic acids is 4. The number of likely N-dealkylation sites (tertiary alicyclic amines) is 1. The van der Waals surface area contributed by atoms with Crippen molar-refractivity contribution in [2.75, 3.05) is 11.9 Å². The molecule has 0 aromatic heterocycles. The molecule has 2 aliphatic rings. The number of fused-ring (bicyclic) bond motifs is 1. The molecule has 0 saturated carbocycles. The Kier molecular flexibility index (Phi) is 5.79. The summed E-state index contributed by atoms with van der Waals surface area (Å²) in [6.07, 6.45) is 4.64. The summed E-state index contributed by atoms with van der Waals surface area (Å²) in [7, 11) is 0. The van der Waals surface area contributed by atoms with Crippen LogP contribution in [0.25, 0.3) is 0 Å². The van der Waals surface area contributed by atoms with Crippen LogP contribution in [0.5, 0.6) is 0 Å². The minimum absolute atomic E-state index is 0.00230. The van der Waals surface area contributed by atoms with Crippen molar-refractivity contribution in [2.24, 2.45) is 11.8 Å². The zero-order valence-electron chi connectivity index (χ0n) is 15.0. The summed E-state index contributed by atoms with van der Waals surface area (Å²) in [6.45, 7) is 0.749. The number of anilines is 1. The maximum Gasteiger partial charge on any atom is 0.329 e. The molecule has 148 valence electrons. The maximum absolute atomic E-state index is 13.0. The van der Waals surface area contributed by atoms with Gasteiger partial charge in [0.2, 0.25) is 11.8 Å². The number of nitrogens with zero attached hydrogens (tertiary/aromatic N) is 1. The number of rotatable bonds is 5. The van der Waals surface area contributed by atoms with Gasteiger partial charge in [-0.25, -0.2) is 9.18 Å². The molecule has 28 heavy (non-hydrogen) atoms. The highest BCUT2D eigenvalue weighted by Gasteiger charge is 2.50. The van der Waals surface area contributed by atoms with Gasteiger partial charge in [0.05, 0.1) is 22.5 Å². The van der Waals surface area contributed by atoms with Crippen LogP contribution in [0.1, 0.15) is 19.8 Å². The minimum Gasteiger partial charge on any atom is -0.454 e. The molecule has 1 saturated heterocycles. The molecular formula is C19H18ClFN2O5. The molecule has 3 rings (SSSR count). The molecule has 7 nitrogen and oxygen atoms in total. The first-order valence-electron chi connectivity index (χ1n) is 8.73. The van der Waals surface area contributed by atoms with Gasteiger partial charge >= 0.3 is 5.97 Å². The Hall–Kier alpha value is -2.74. The van der Waals surface area contributed by atoms with E-state index < -0.39 is 54.0 Å². The summed E-state index contributed by atoms with van der Waals surface area (Å²) in [4.78, 5) is 50.1. The second-order valence-corrected chi connectivity index (χ2v) is 7.07. The number of nitrogens with one attached hydrogen (secondary N) is 1. The maximum atomic E-state index is 13.0. The third-order valence-corrected chi connectivity index (χ3v) is 5.13. The summed E-state index contributed by atoms with van der Waals surface area (Å²) in [6, 6.07) is 2.29. The fourth-order valence-corrected chi connectivity index (χ4v) is 3.56. The summed E-state index contributed by atoms with van der Waals surface area (Å²) in [5, 5.41) is 2.39. The van der Waals surface area contributed by atoms with Crippen LogP contribution in [-0.4, -0.2) is 41.2 Å². The van der Waals surface area contributed by atoms with Crippen LogP contribution < -0.4 is 5.32 Å². The van der Waals surface area contributed by atoms with E-state index in [1.54, 1.807) is 0 Å². The Balaban J connectivity index is 1.56. The highest BCUT2D eigenvalue weighted by atomic mass is 35.5. The highest BCUT2D eigenvalue weighted by Crippen LogP contribution is 2.36. The molecule has 3 atom stereocenters. The van der Waals surface area contributed by atoms with Crippen LogP contribution >= 0.6 is 11.6 Å².